The first kappa shape index (κ1) is 15.8. The zero-order valence-corrected chi connectivity index (χ0v) is 13.7. The number of hydrogen-bond acceptors (Lipinski definition) is 4. The van der Waals surface area contributed by atoms with Gasteiger partial charge in [-0.05, 0) is 50.2 Å². The zero-order chi connectivity index (χ0) is 17.1. The van der Waals surface area contributed by atoms with E-state index in [4.69, 9.17) is 10.5 Å². The van der Waals surface area contributed by atoms with E-state index in [0.717, 1.165) is 16.6 Å². The van der Waals surface area contributed by atoms with E-state index in [9.17, 15) is 4.79 Å². The minimum atomic E-state index is -0.225. The lowest BCUT2D eigenvalue weighted by Crippen LogP contribution is -2.14. The Morgan fingerprint density at radius 1 is 1.21 bits per heavy atom. The topological polar surface area (TPSA) is 77.2 Å². The quantitative estimate of drug-likeness (QED) is 0.717. The molecule has 0 saturated carbocycles. The van der Waals surface area contributed by atoms with E-state index in [1.807, 2.05) is 44.2 Å². The molecule has 1 heterocycles. The summed E-state index contributed by atoms with van der Waals surface area (Å²) in [5.74, 6) is 0.487. The predicted octanol–water partition coefficient (Wildman–Crippen LogP) is 3.78. The maximum absolute atomic E-state index is 12.8. The van der Waals surface area contributed by atoms with Gasteiger partial charge in [-0.25, -0.2) is 0 Å². The molecule has 0 unspecified atom stereocenters. The summed E-state index contributed by atoms with van der Waals surface area (Å²) in [5.41, 5.74) is 9.09. The molecule has 0 saturated heterocycles. The highest BCUT2D eigenvalue weighted by atomic mass is 16.5. The molecule has 1 amide bonds. The number of ether oxygens (including phenoxy) is 1. The number of anilines is 2. The summed E-state index contributed by atoms with van der Waals surface area (Å²) in [6, 6.07) is 14.5. The number of nitrogens with one attached hydrogen (secondary N) is 1. The van der Waals surface area contributed by atoms with Crippen LogP contribution in [0.1, 0.15) is 23.0 Å². The smallest absolute Gasteiger partial charge is 0.256 e. The number of carbonyl (C=O) groups is 1. The van der Waals surface area contributed by atoms with Crippen molar-refractivity contribution in [3.63, 3.8) is 0 Å². The Morgan fingerprint density at radius 2 is 2.00 bits per heavy atom. The van der Waals surface area contributed by atoms with Gasteiger partial charge in [0, 0.05) is 11.1 Å². The van der Waals surface area contributed by atoms with Gasteiger partial charge in [0.1, 0.15) is 5.75 Å². The van der Waals surface area contributed by atoms with Crippen molar-refractivity contribution in [1.29, 1.82) is 0 Å². The highest BCUT2D eigenvalue weighted by Crippen LogP contribution is 2.25. The van der Waals surface area contributed by atoms with Gasteiger partial charge in [-0.1, -0.05) is 12.1 Å². The van der Waals surface area contributed by atoms with Crippen molar-refractivity contribution in [1.82, 2.24) is 4.98 Å². The molecule has 3 rings (SSSR count). The average molecular weight is 321 g/mol. The van der Waals surface area contributed by atoms with Gasteiger partial charge in [-0.3, -0.25) is 9.78 Å². The molecule has 2 aromatic carbocycles. The second-order valence-corrected chi connectivity index (χ2v) is 5.46. The first-order valence-electron chi connectivity index (χ1n) is 7.78. The van der Waals surface area contributed by atoms with Gasteiger partial charge in [0.2, 0.25) is 0 Å². The Labute approximate surface area is 140 Å². The maximum Gasteiger partial charge on any atom is 0.256 e. The van der Waals surface area contributed by atoms with Gasteiger partial charge in [0.05, 0.1) is 29.1 Å². The van der Waals surface area contributed by atoms with Gasteiger partial charge < -0.3 is 15.8 Å². The normalized spacial score (nSPS) is 10.6. The van der Waals surface area contributed by atoms with Crippen molar-refractivity contribution in [3.8, 4) is 5.75 Å². The van der Waals surface area contributed by atoms with Crippen molar-refractivity contribution in [2.24, 2.45) is 0 Å². The van der Waals surface area contributed by atoms with Crippen LogP contribution in [0, 0.1) is 6.92 Å². The summed E-state index contributed by atoms with van der Waals surface area (Å²) < 4.78 is 5.54. The predicted molar refractivity (Wildman–Crippen MR) is 96.5 cm³/mol. The van der Waals surface area contributed by atoms with Crippen LogP contribution in [0.3, 0.4) is 0 Å². The maximum atomic E-state index is 12.8. The van der Waals surface area contributed by atoms with Crippen molar-refractivity contribution in [2.45, 2.75) is 13.8 Å². The lowest BCUT2D eigenvalue weighted by atomic mass is 10.1. The second kappa shape index (κ2) is 6.58. The number of fused-ring (bicyclic) bond motifs is 1. The number of aryl methyl sites for hydroxylation is 1. The summed E-state index contributed by atoms with van der Waals surface area (Å²) >= 11 is 0. The van der Waals surface area contributed by atoms with E-state index in [-0.39, 0.29) is 5.91 Å². The molecule has 0 bridgehead atoms. The van der Waals surface area contributed by atoms with Crippen LogP contribution in [0.4, 0.5) is 11.4 Å². The Balaban J connectivity index is 2.05. The Hall–Kier alpha value is -3.08. The lowest BCUT2D eigenvalue weighted by Gasteiger charge is -2.12. The summed E-state index contributed by atoms with van der Waals surface area (Å²) in [4.78, 5) is 17.3. The Morgan fingerprint density at radius 3 is 2.75 bits per heavy atom. The van der Waals surface area contributed by atoms with Crippen molar-refractivity contribution in [3.05, 3.63) is 59.8 Å². The first-order valence-corrected chi connectivity index (χ1v) is 7.78. The lowest BCUT2D eigenvalue weighted by molar-refractivity contribution is 0.102. The van der Waals surface area contributed by atoms with Gasteiger partial charge >= 0.3 is 0 Å². The average Bonchev–Trinajstić information content (AvgIpc) is 2.56. The number of para-hydroxylation sites is 2. The third kappa shape index (κ3) is 3.15. The molecular formula is C19H19N3O2. The second-order valence-electron chi connectivity index (χ2n) is 5.46. The van der Waals surface area contributed by atoms with Gasteiger partial charge in [0.25, 0.3) is 5.91 Å². The van der Waals surface area contributed by atoms with E-state index in [1.54, 1.807) is 18.2 Å². The monoisotopic (exact) mass is 321 g/mol. The van der Waals surface area contributed by atoms with E-state index >= 15 is 0 Å². The fourth-order valence-corrected chi connectivity index (χ4v) is 2.58. The third-order valence-corrected chi connectivity index (χ3v) is 3.67. The van der Waals surface area contributed by atoms with Gasteiger partial charge in [0.15, 0.2) is 0 Å². The summed E-state index contributed by atoms with van der Waals surface area (Å²) in [5, 5.41) is 3.61. The first-order chi connectivity index (χ1) is 11.6. The molecule has 0 aliphatic carbocycles. The van der Waals surface area contributed by atoms with E-state index in [0.29, 0.717) is 29.3 Å². The molecule has 122 valence electrons. The van der Waals surface area contributed by atoms with Crippen LogP contribution >= 0.6 is 0 Å². The minimum absolute atomic E-state index is 0.225. The Bertz CT molecular complexity index is 906. The van der Waals surface area contributed by atoms with Crippen LogP contribution < -0.4 is 15.8 Å². The third-order valence-electron chi connectivity index (χ3n) is 3.67. The SMILES string of the molecule is CCOc1ccc2nc(C)cc(C(=O)Nc3ccccc3N)c2c1. The van der Waals surface area contributed by atoms with Crippen LogP contribution in [0.5, 0.6) is 5.75 Å². The highest BCUT2D eigenvalue weighted by molar-refractivity contribution is 6.13. The van der Waals surface area contributed by atoms with Crippen molar-refractivity contribution in [2.75, 3.05) is 17.7 Å². The molecule has 3 N–H and O–H groups in total. The molecule has 24 heavy (non-hydrogen) atoms. The summed E-state index contributed by atoms with van der Waals surface area (Å²) in [6.45, 7) is 4.35. The van der Waals surface area contributed by atoms with Gasteiger partial charge in [-0.2, -0.15) is 0 Å². The van der Waals surface area contributed by atoms with Crippen molar-refractivity contribution >= 4 is 28.2 Å². The number of aromatic nitrogens is 1. The van der Waals surface area contributed by atoms with Crippen LogP contribution in [0.25, 0.3) is 10.9 Å². The number of carbonyl (C=O) groups excluding carboxylic acids is 1. The molecule has 5 nitrogen and oxygen atoms in total. The zero-order valence-electron chi connectivity index (χ0n) is 13.7. The molecule has 0 atom stereocenters. The molecule has 0 aliphatic heterocycles. The van der Waals surface area contributed by atoms with Crippen molar-refractivity contribution < 1.29 is 9.53 Å². The number of pyridine rings is 1. The molecule has 0 radical (unpaired) electrons. The molecule has 1 aromatic heterocycles. The van der Waals surface area contributed by atoms with Gasteiger partial charge in [-0.15, -0.1) is 0 Å². The van der Waals surface area contributed by atoms with E-state index in [2.05, 4.69) is 10.3 Å². The van der Waals surface area contributed by atoms with Crippen LogP contribution in [0.15, 0.2) is 48.5 Å². The molecule has 0 spiro atoms. The highest BCUT2D eigenvalue weighted by Gasteiger charge is 2.14. The number of nitrogens with two attached hydrogens (primary N) is 1. The van der Waals surface area contributed by atoms with Crippen LogP contribution in [-0.4, -0.2) is 17.5 Å². The largest absolute Gasteiger partial charge is 0.494 e. The molecule has 0 fully saturated rings. The fourth-order valence-electron chi connectivity index (χ4n) is 2.58. The Kier molecular flexibility index (Phi) is 4.33. The van der Waals surface area contributed by atoms with E-state index in [1.165, 1.54) is 0 Å². The molecular weight excluding hydrogens is 302 g/mol. The molecule has 5 heteroatoms. The molecule has 0 aliphatic rings. The number of nitrogens with zero attached hydrogens (tertiary/aromatic N) is 1. The summed E-state index contributed by atoms with van der Waals surface area (Å²) in [7, 11) is 0. The van der Waals surface area contributed by atoms with E-state index < -0.39 is 0 Å². The van der Waals surface area contributed by atoms with Crippen LogP contribution in [-0.2, 0) is 0 Å². The summed E-state index contributed by atoms with van der Waals surface area (Å²) in [6.07, 6.45) is 0. The minimum Gasteiger partial charge on any atom is -0.494 e. The number of hydrogen-bond donors (Lipinski definition) is 2. The number of amides is 1. The molecule has 3 aromatic rings. The number of benzene rings is 2. The van der Waals surface area contributed by atoms with Crippen LogP contribution in [0.2, 0.25) is 0 Å². The number of nitrogen functional groups attached to an aromatic ring is 1. The standard InChI is InChI=1S/C19H19N3O2/c1-3-24-13-8-9-17-14(11-13)15(10-12(2)21-17)19(23)22-18-7-5-4-6-16(18)20/h4-11H,3,20H2,1-2H3,(H,22,23). The number of rotatable bonds is 4. The fraction of sp³-hybridized carbons (Fsp3) is 0.158.